The fourth-order valence-corrected chi connectivity index (χ4v) is 3.56. The van der Waals surface area contributed by atoms with Crippen molar-refractivity contribution in [2.75, 3.05) is 33.3 Å². The maximum atomic E-state index is 13.8. The molecule has 0 spiro atoms. The Bertz CT molecular complexity index is 1010. The smallest absolute Gasteiger partial charge is 0.270 e. The van der Waals surface area contributed by atoms with Crippen LogP contribution in [-0.4, -0.2) is 54.0 Å². The lowest BCUT2D eigenvalue weighted by atomic mass is 10.1. The van der Waals surface area contributed by atoms with Crippen molar-refractivity contribution in [2.24, 2.45) is 0 Å². The van der Waals surface area contributed by atoms with Gasteiger partial charge in [0.15, 0.2) is 11.6 Å². The van der Waals surface area contributed by atoms with Crippen LogP contribution in [0.3, 0.4) is 0 Å². The van der Waals surface area contributed by atoms with E-state index < -0.39 is 0 Å². The fourth-order valence-electron chi connectivity index (χ4n) is 3.56. The lowest BCUT2D eigenvalue weighted by molar-refractivity contribution is 0.0623. The van der Waals surface area contributed by atoms with Crippen molar-refractivity contribution in [1.29, 1.82) is 0 Å². The minimum absolute atomic E-state index is 0.0910. The van der Waals surface area contributed by atoms with Crippen LogP contribution in [0.15, 0.2) is 42.5 Å². The van der Waals surface area contributed by atoms with Crippen molar-refractivity contribution < 1.29 is 18.3 Å². The van der Waals surface area contributed by atoms with Crippen LogP contribution in [0.2, 0.25) is 0 Å². The molecule has 1 aromatic heterocycles. The summed E-state index contributed by atoms with van der Waals surface area (Å²) < 4.78 is 32.1. The van der Waals surface area contributed by atoms with Gasteiger partial charge in [0.25, 0.3) is 5.91 Å². The number of aromatic nitrogens is 1. The highest BCUT2D eigenvalue weighted by atomic mass is 19.1. The van der Waals surface area contributed by atoms with Gasteiger partial charge >= 0.3 is 0 Å². The molecule has 1 N–H and O–H groups in total. The van der Waals surface area contributed by atoms with Gasteiger partial charge in [-0.1, -0.05) is 6.07 Å². The van der Waals surface area contributed by atoms with Gasteiger partial charge in [0, 0.05) is 43.6 Å². The number of fused-ring (bicyclic) bond motifs is 1. The average molecular weight is 385 g/mol. The molecule has 1 aliphatic heterocycles. The van der Waals surface area contributed by atoms with Crippen molar-refractivity contribution in [3.63, 3.8) is 0 Å². The van der Waals surface area contributed by atoms with Crippen LogP contribution in [0.4, 0.5) is 8.78 Å². The van der Waals surface area contributed by atoms with Gasteiger partial charge in [-0.15, -0.1) is 0 Å². The van der Waals surface area contributed by atoms with Crippen molar-refractivity contribution in [3.8, 4) is 5.75 Å². The summed E-state index contributed by atoms with van der Waals surface area (Å²) in [5.74, 6) is -0.553. The van der Waals surface area contributed by atoms with Gasteiger partial charge in [-0.3, -0.25) is 9.69 Å². The number of rotatable bonds is 4. The largest absolute Gasteiger partial charge is 0.494 e. The third-order valence-electron chi connectivity index (χ3n) is 5.10. The number of H-pyrrole nitrogens is 1. The average Bonchev–Trinajstić information content (AvgIpc) is 3.11. The number of hydrogen-bond acceptors (Lipinski definition) is 3. The van der Waals surface area contributed by atoms with Crippen LogP contribution >= 0.6 is 0 Å². The molecular weight excluding hydrogens is 364 g/mol. The number of piperazine rings is 1. The van der Waals surface area contributed by atoms with Gasteiger partial charge < -0.3 is 14.6 Å². The zero-order chi connectivity index (χ0) is 19.7. The summed E-state index contributed by atoms with van der Waals surface area (Å²) >= 11 is 0. The molecule has 1 saturated heterocycles. The van der Waals surface area contributed by atoms with Crippen molar-refractivity contribution in [1.82, 2.24) is 14.8 Å². The second-order valence-corrected chi connectivity index (χ2v) is 6.95. The second kappa shape index (κ2) is 7.59. The predicted molar refractivity (Wildman–Crippen MR) is 102 cm³/mol. The first kappa shape index (κ1) is 18.4. The van der Waals surface area contributed by atoms with E-state index in [1.807, 2.05) is 6.07 Å². The maximum absolute atomic E-state index is 13.8. The van der Waals surface area contributed by atoms with E-state index in [1.54, 1.807) is 23.1 Å². The second-order valence-electron chi connectivity index (χ2n) is 6.95. The Kier molecular flexibility index (Phi) is 5.00. The molecular formula is C21H21F2N3O2. The normalized spacial score (nSPS) is 15.2. The molecule has 1 fully saturated rings. The Hall–Kier alpha value is -2.93. The maximum Gasteiger partial charge on any atom is 0.270 e. The van der Waals surface area contributed by atoms with Crippen LogP contribution < -0.4 is 4.74 Å². The quantitative estimate of drug-likeness (QED) is 0.749. The van der Waals surface area contributed by atoms with E-state index in [0.717, 1.165) is 11.1 Å². The zero-order valence-corrected chi connectivity index (χ0v) is 15.5. The number of carbonyl (C=O) groups excluding carboxylic acids is 1. The van der Waals surface area contributed by atoms with E-state index >= 15 is 0 Å². The van der Waals surface area contributed by atoms with Crippen LogP contribution in [0.25, 0.3) is 10.9 Å². The number of hydrogen-bond donors (Lipinski definition) is 1. The summed E-state index contributed by atoms with van der Waals surface area (Å²) in [6.45, 7) is 3.19. The Labute approximate surface area is 161 Å². The van der Waals surface area contributed by atoms with Gasteiger partial charge in [-0.25, -0.2) is 8.78 Å². The molecule has 1 aliphatic rings. The number of amides is 1. The molecule has 28 heavy (non-hydrogen) atoms. The Morgan fingerprint density at radius 3 is 2.57 bits per heavy atom. The SMILES string of the molecule is COc1ccc(CN2CCN(C(=O)c3cc4cc(F)ccc4[nH]3)CC2)cc1F. The first-order chi connectivity index (χ1) is 13.5. The van der Waals surface area contributed by atoms with Crippen LogP contribution in [-0.2, 0) is 6.54 Å². The molecule has 146 valence electrons. The first-order valence-electron chi connectivity index (χ1n) is 9.16. The van der Waals surface area contributed by atoms with Gasteiger partial charge in [0.05, 0.1) is 7.11 Å². The highest BCUT2D eigenvalue weighted by Crippen LogP contribution is 2.21. The Morgan fingerprint density at radius 2 is 1.86 bits per heavy atom. The van der Waals surface area contributed by atoms with E-state index in [9.17, 15) is 13.6 Å². The summed E-state index contributed by atoms with van der Waals surface area (Å²) in [6, 6.07) is 11.1. The van der Waals surface area contributed by atoms with Gasteiger partial charge in [0.1, 0.15) is 11.5 Å². The molecule has 7 heteroatoms. The first-order valence-corrected chi connectivity index (χ1v) is 9.16. The van der Waals surface area contributed by atoms with E-state index in [4.69, 9.17) is 4.74 Å². The molecule has 0 aliphatic carbocycles. The minimum atomic E-state index is -0.371. The number of aromatic amines is 1. The highest BCUT2D eigenvalue weighted by Gasteiger charge is 2.23. The van der Waals surface area contributed by atoms with Crippen molar-refractivity contribution in [2.45, 2.75) is 6.54 Å². The number of carbonyl (C=O) groups is 1. The molecule has 0 atom stereocenters. The summed E-state index contributed by atoms with van der Waals surface area (Å²) in [6.07, 6.45) is 0. The predicted octanol–water partition coefficient (Wildman–Crippen LogP) is 3.41. The number of halogens is 2. The van der Waals surface area contributed by atoms with Crippen molar-refractivity contribution in [3.05, 3.63) is 65.4 Å². The standard InChI is InChI=1S/C21H21F2N3O2/c1-28-20-5-2-14(10-17(20)23)13-25-6-8-26(9-7-25)21(27)19-12-15-11-16(22)3-4-18(15)24-19/h2-5,10-12,24H,6-9,13H2,1H3. The van der Waals surface area contributed by atoms with Gasteiger partial charge in [-0.05, 0) is 42.0 Å². The number of benzene rings is 2. The molecule has 2 aromatic carbocycles. The summed E-state index contributed by atoms with van der Waals surface area (Å²) in [5.41, 5.74) is 2.08. The Balaban J connectivity index is 1.37. The summed E-state index contributed by atoms with van der Waals surface area (Å²) in [5, 5.41) is 0.684. The molecule has 3 aromatic rings. The molecule has 1 amide bonds. The van der Waals surface area contributed by atoms with E-state index in [-0.39, 0.29) is 23.3 Å². The Morgan fingerprint density at radius 1 is 1.07 bits per heavy atom. The summed E-state index contributed by atoms with van der Waals surface area (Å²) in [7, 11) is 1.44. The molecule has 0 bridgehead atoms. The molecule has 0 radical (unpaired) electrons. The van der Waals surface area contributed by atoms with Crippen LogP contribution in [0, 0.1) is 11.6 Å². The molecule has 2 heterocycles. The summed E-state index contributed by atoms with van der Waals surface area (Å²) in [4.78, 5) is 19.8. The van der Waals surface area contributed by atoms with Gasteiger partial charge in [-0.2, -0.15) is 0 Å². The fraction of sp³-hybridized carbons (Fsp3) is 0.286. The molecule has 0 unspecified atom stereocenters. The van der Waals surface area contributed by atoms with Crippen LogP contribution in [0.1, 0.15) is 16.1 Å². The number of ether oxygens (including phenoxy) is 1. The number of methoxy groups -OCH3 is 1. The van der Waals surface area contributed by atoms with E-state index in [0.29, 0.717) is 43.8 Å². The number of nitrogens with one attached hydrogen (secondary N) is 1. The molecule has 4 rings (SSSR count). The highest BCUT2D eigenvalue weighted by molar-refractivity contribution is 5.98. The zero-order valence-electron chi connectivity index (χ0n) is 15.5. The van der Waals surface area contributed by atoms with Crippen molar-refractivity contribution >= 4 is 16.8 Å². The topological polar surface area (TPSA) is 48.6 Å². The molecule has 5 nitrogen and oxygen atoms in total. The van der Waals surface area contributed by atoms with E-state index in [1.165, 1.54) is 25.3 Å². The van der Waals surface area contributed by atoms with Crippen LogP contribution in [0.5, 0.6) is 5.75 Å². The lowest BCUT2D eigenvalue weighted by Crippen LogP contribution is -2.48. The molecule has 0 saturated carbocycles. The minimum Gasteiger partial charge on any atom is -0.494 e. The monoisotopic (exact) mass is 385 g/mol. The van der Waals surface area contributed by atoms with E-state index in [2.05, 4.69) is 9.88 Å². The third kappa shape index (κ3) is 3.71. The lowest BCUT2D eigenvalue weighted by Gasteiger charge is -2.34. The third-order valence-corrected chi connectivity index (χ3v) is 5.10. The van der Waals surface area contributed by atoms with Gasteiger partial charge in [0.2, 0.25) is 0 Å². The number of nitrogens with zero attached hydrogens (tertiary/aromatic N) is 2.